The standard InChI is InChI=1S/C22H30N4O3/c1-4-17-14-21(24-15-23-17)26-11-9-18(10-12-26)25-22(27)8-6-16-5-7-19(28-2)20(13-16)29-3/h5,7,13-15,18H,4,6,8-12H2,1-3H3,(H,25,27). The Morgan fingerprint density at radius 2 is 1.90 bits per heavy atom. The highest BCUT2D eigenvalue weighted by Gasteiger charge is 2.21. The van der Waals surface area contributed by atoms with Crippen molar-refractivity contribution in [2.24, 2.45) is 0 Å². The van der Waals surface area contributed by atoms with E-state index in [0.717, 1.165) is 49.4 Å². The van der Waals surface area contributed by atoms with Crippen LogP contribution in [-0.4, -0.2) is 49.2 Å². The van der Waals surface area contributed by atoms with Gasteiger partial charge < -0.3 is 19.7 Å². The minimum atomic E-state index is 0.0912. The summed E-state index contributed by atoms with van der Waals surface area (Å²) in [5, 5.41) is 3.18. The molecule has 1 saturated heterocycles. The molecular weight excluding hydrogens is 368 g/mol. The molecule has 7 nitrogen and oxygen atoms in total. The molecule has 1 amide bonds. The van der Waals surface area contributed by atoms with Gasteiger partial charge in [0.15, 0.2) is 11.5 Å². The molecule has 0 bridgehead atoms. The van der Waals surface area contributed by atoms with Gasteiger partial charge in [-0.05, 0) is 43.4 Å². The summed E-state index contributed by atoms with van der Waals surface area (Å²) in [6.07, 6.45) is 5.52. The molecule has 0 radical (unpaired) electrons. The molecule has 3 rings (SSSR count). The van der Waals surface area contributed by atoms with Crippen molar-refractivity contribution >= 4 is 11.7 Å². The summed E-state index contributed by atoms with van der Waals surface area (Å²) in [5.74, 6) is 2.46. The van der Waals surface area contributed by atoms with Crippen LogP contribution in [0.25, 0.3) is 0 Å². The Balaban J connectivity index is 1.45. The van der Waals surface area contributed by atoms with E-state index in [-0.39, 0.29) is 11.9 Å². The smallest absolute Gasteiger partial charge is 0.220 e. The van der Waals surface area contributed by atoms with Crippen LogP contribution in [0.2, 0.25) is 0 Å². The highest BCUT2D eigenvalue weighted by atomic mass is 16.5. The second kappa shape index (κ2) is 10.1. The molecular formula is C22H30N4O3. The molecule has 2 heterocycles. The third-order valence-electron chi connectivity index (χ3n) is 5.34. The SMILES string of the molecule is CCc1cc(N2CCC(NC(=O)CCc3ccc(OC)c(OC)c3)CC2)ncn1. The van der Waals surface area contributed by atoms with Gasteiger partial charge >= 0.3 is 0 Å². The molecule has 0 atom stereocenters. The number of piperidine rings is 1. The number of ether oxygens (including phenoxy) is 2. The largest absolute Gasteiger partial charge is 0.493 e. The van der Waals surface area contributed by atoms with Crippen molar-refractivity contribution in [1.82, 2.24) is 15.3 Å². The summed E-state index contributed by atoms with van der Waals surface area (Å²) >= 11 is 0. The number of rotatable bonds is 8. The quantitative estimate of drug-likeness (QED) is 0.737. The summed E-state index contributed by atoms with van der Waals surface area (Å²) in [4.78, 5) is 23.3. The molecule has 0 spiro atoms. The van der Waals surface area contributed by atoms with Crippen molar-refractivity contribution in [3.8, 4) is 11.5 Å². The summed E-state index contributed by atoms with van der Waals surface area (Å²) in [5.41, 5.74) is 2.11. The van der Waals surface area contributed by atoms with E-state index in [1.807, 2.05) is 18.2 Å². The molecule has 29 heavy (non-hydrogen) atoms. The van der Waals surface area contributed by atoms with E-state index in [4.69, 9.17) is 9.47 Å². The maximum atomic E-state index is 12.4. The van der Waals surface area contributed by atoms with E-state index in [1.165, 1.54) is 0 Å². The molecule has 1 aliphatic heterocycles. The number of anilines is 1. The van der Waals surface area contributed by atoms with Crippen LogP contribution in [0.5, 0.6) is 11.5 Å². The molecule has 0 unspecified atom stereocenters. The van der Waals surface area contributed by atoms with Crippen LogP contribution >= 0.6 is 0 Å². The Hall–Kier alpha value is -2.83. The van der Waals surface area contributed by atoms with Gasteiger partial charge in [0.25, 0.3) is 0 Å². The second-order valence-corrected chi connectivity index (χ2v) is 7.24. The average molecular weight is 399 g/mol. The van der Waals surface area contributed by atoms with Crippen molar-refractivity contribution in [2.45, 2.75) is 45.1 Å². The van der Waals surface area contributed by atoms with E-state index in [9.17, 15) is 4.79 Å². The number of nitrogens with zero attached hydrogens (tertiary/aromatic N) is 3. The molecule has 1 N–H and O–H groups in total. The number of nitrogens with one attached hydrogen (secondary N) is 1. The first-order chi connectivity index (χ1) is 14.1. The zero-order chi connectivity index (χ0) is 20.6. The monoisotopic (exact) mass is 398 g/mol. The Morgan fingerprint density at radius 3 is 2.59 bits per heavy atom. The number of carbonyl (C=O) groups is 1. The fraction of sp³-hybridized carbons (Fsp3) is 0.500. The van der Waals surface area contributed by atoms with Crippen molar-refractivity contribution in [1.29, 1.82) is 0 Å². The number of methoxy groups -OCH3 is 2. The van der Waals surface area contributed by atoms with Crippen LogP contribution in [0, 0.1) is 0 Å². The van der Waals surface area contributed by atoms with Gasteiger partial charge in [0.1, 0.15) is 12.1 Å². The number of amides is 1. The highest BCUT2D eigenvalue weighted by Crippen LogP contribution is 2.28. The van der Waals surface area contributed by atoms with Gasteiger partial charge in [-0.2, -0.15) is 0 Å². The molecule has 1 aliphatic rings. The predicted octanol–water partition coefficient (Wildman–Crippen LogP) is 2.77. The lowest BCUT2D eigenvalue weighted by atomic mass is 10.0. The average Bonchev–Trinajstić information content (AvgIpc) is 2.78. The Kier molecular flexibility index (Phi) is 7.27. The summed E-state index contributed by atoms with van der Waals surface area (Å²) in [7, 11) is 3.23. The molecule has 0 saturated carbocycles. The minimum Gasteiger partial charge on any atom is -0.493 e. The molecule has 0 aliphatic carbocycles. The summed E-state index contributed by atoms with van der Waals surface area (Å²) in [6, 6.07) is 8.05. The summed E-state index contributed by atoms with van der Waals surface area (Å²) in [6.45, 7) is 3.87. The number of aromatic nitrogens is 2. The third kappa shape index (κ3) is 5.59. The van der Waals surface area contributed by atoms with Crippen LogP contribution in [0.1, 0.15) is 37.4 Å². The molecule has 1 aromatic heterocycles. The van der Waals surface area contributed by atoms with Crippen molar-refractivity contribution in [3.05, 3.63) is 41.9 Å². The minimum absolute atomic E-state index is 0.0912. The molecule has 1 aromatic carbocycles. The lowest BCUT2D eigenvalue weighted by Gasteiger charge is -2.33. The lowest BCUT2D eigenvalue weighted by Crippen LogP contribution is -2.45. The van der Waals surface area contributed by atoms with Gasteiger partial charge in [-0.15, -0.1) is 0 Å². The maximum Gasteiger partial charge on any atom is 0.220 e. The van der Waals surface area contributed by atoms with Crippen LogP contribution in [-0.2, 0) is 17.6 Å². The number of benzene rings is 1. The number of carbonyl (C=O) groups excluding carboxylic acids is 1. The maximum absolute atomic E-state index is 12.4. The second-order valence-electron chi connectivity index (χ2n) is 7.24. The van der Waals surface area contributed by atoms with Crippen molar-refractivity contribution < 1.29 is 14.3 Å². The fourth-order valence-electron chi connectivity index (χ4n) is 3.60. The molecule has 156 valence electrons. The molecule has 7 heteroatoms. The van der Waals surface area contributed by atoms with Crippen molar-refractivity contribution in [2.75, 3.05) is 32.2 Å². The number of hydrogen-bond donors (Lipinski definition) is 1. The van der Waals surface area contributed by atoms with E-state index in [1.54, 1.807) is 20.5 Å². The third-order valence-corrected chi connectivity index (χ3v) is 5.34. The van der Waals surface area contributed by atoms with Crippen LogP contribution in [0.4, 0.5) is 5.82 Å². The fourth-order valence-corrected chi connectivity index (χ4v) is 3.60. The first-order valence-electron chi connectivity index (χ1n) is 10.2. The topological polar surface area (TPSA) is 76.6 Å². The highest BCUT2D eigenvalue weighted by molar-refractivity contribution is 5.76. The number of aryl methyl sites for hydroxylation is 2. The van der Waals surface area contributed by atoms with Gasteiger partial charge in [0, 0.05) is 37.3 Å². The van der Waals surface area contributed by atoms with Gasteiger partial charge in [-0.3, -0.25) is 4.79 Å². The van der Waals surface area contributed by atoms with E-state index in [0.29, 0.717) is 24.3 Å². The first kappa shape index (κ1) is 20.9. The predicted molar refractivity (Wildman–Crippen MR) is 113 cm³/mol. The Morgan fingerprint density at radius 1 is 1.14 bits per heavy atom. The number of hydrogen-bond acceptors (Lipinski definition) is 6. The normalized spacial score (nSPS) is 14.5. The Labute approximate surface area is 172 Å². The van der Waals surface area contributed by atoms with Crippen LogP contribution < -0.4 is 19.7 Å². The molecule has 1 fully saturated rings. The van der Waals surface area contributed by atoms with Gasteiger partial charge in [-0.1, -0.05) is 13.0 Å². The molecule has 2 aromatic rings. The first-order valence-corrected chi connectivity index (χ1v) is 10.2. The van der Waals surface area contributed by atoms with Crippen molar-refractivity contribution in [3.63, 3.8) is 0 Å². The van der Waals surface area contributed by atoms with Crippen LogP contribution in [0.3, 0.4) is 0 Å². The summed E-state index contributed by atoms with van der Waals surface area (Å²) < 4.78 is 10.6. The van der Waals surface area contributed by atoms with E-state index >= 15 is 0 Å². The Bertz CT molecular complexity index is 819. The van der Waals surface area contributed by atoms with E-state index < -0.39 is 0 Å². The van der Waals surface area contributed by atoms with E-state index in [2.05, 4.69) is 33.2 Å². The lowest BCUT2D eigenvalue weighted by molar-refractivity contribution is -0.121. The van der Waals surface area contributed by atoms with Crippen LogP contribution in [0.15, 0.2) is 30.6 Å². The van der Waals surface area contributed by atoms with Gasteiger partial charge in [0.2, 0.25) is 5.91 Å². The van der Waals surface area contributed by atoms with Gasteiger partial charge in [0.05, 0.1) is 14.2 Å². The van der Waals surface area contributed by atoms with Gasteiger partial charge in [-0.25, -0.2) is 9.97 Å². The zero-order valence-corrected chi connectivity index (χ0v) is 17.5. The zero-order valence-electron chi connectivity index (χ0n) is 17.5.